The van der Waals surface area contributed by atoms with Gasteiger partial charge in [-0.15, -0.1) is 11.3 Å². The van der Waals surface area contributed by atoms with Gasteiger partial charge in [-0.3, -0.25) is 9.36 Å². The van der Waals surface area contributed by atoms with Gasteiger partial charge in [-0.25, -0.2) is 9.37 Å². The Labute approximate surface area is 134 Å². The molecule has 0 unspecified atom stereocenters. The van der Waals surface area contributed by atoms with Crippen LogP contribution in [0.3, 0.4) is 0 Å². The number of aromatic nitrogens is 2. The number of hydrogen-bond donors (Lipinski definition) is 0. The Morgan fingerprint density at radius 2 is 1.96 bits per heavy atom. The molecule has 3 aromatic heterocycles. The number of benzene rings is 1. The number of methoxy groups -OCH3 is 1. The fraction of sp³-hybridized carbons (Fsp3) is 0.0588. The van der Waals surface area contributed by atoms with Crippen LogP contribution in [-0.2, 0) is 0 Å². The fourth-order valence-electron chi connectivity index (χ4n) is 2.64. The van der Waals surface area contributed by atoms with Crippen LogP contribution < -0.4 is 10.3 Å². The lowest BCUT2D eigenvalue weighted by Gasteiger charge is -2.06. The second kappa shape index (κ2) is 5.17. The van der Waals surface area contributed by atoms with Crippen LogP contribution in [0.4, 0.5) is 4.39 Å². The Bertz CT molecular complexity index is 1080. The lowest BCUT2D eigenvalue weighted by atomic mass is 10.2. The van der Waals surface area contributed by atoms with Crippen LogP contribution in [0.2, 0.25) is 0 Å². The van der Waals surface area contributed by atoms with Crippen LogP contribution in [0.25, 0.3) is 26.0 Å². The standard InChI is InChI=1S/C17H11FN2O2S/c1-22-13-6-8-19-16-14(13)12-7-9-20(17(21)15(12)23-16)11-4-2-10(18)3-5-11/h2-9H,1H3. The third-order valence-electron chi connectivity index (χ3n) is 3.72. The van der Waals surface area contributed by atoms with Crippen LogP contribution in [0.5, 0.6) is 5.75 Å². The second-order valence-electron chi connectivity index (χ2n) is 5.01. The molecule has 23 heavy (non-hydrogen) atoms. The molecule has 0 N–H and O–H groups in total. The summed E-state index contributed by atoms with van der Waals surface area (Å²) >= 11 is 1.33. The van der Waals surface area contributed by atoms with Crippen molar-refractivity contribution in [1.29, 1.82) is 0 Å². The summed E-state index contributed by atoms with van der Waals surface area (Å²) in [5.74, 6) is 0.360. The number of rotatable bonds is 2. The van der Waals surface area contributed by atoms with Gasteiger partial charge < -0.3 is 4.74 Å². The maximum Gasteiger partial charge on any atom is 0.273 e. The Hall–Kier alpha value is -2.73. The minimum Gasteiger partial charge on any atom is -0.496 e. The monoisotopic (exact) mass is 326 g/mol. The van der Waals surface area contributed by atoms with Gasteiger partial charge in [-0.1, -0.05) is 0 Å². The van der Waals surface area contributed by atoms with Gasteiger partial charge in [-0.05, 0) is 36.4 Å². The molecule has 0 aliphatic heterocycles. The molecule has 0 spiro atoms. The maximum atomic E-state index is 13.1. The van der Waals surface area contributed by atoms with E-state index >= 15 is 0 Å². The van der Waals surface area contributed by atoms with Gasteiger partial charge in [0.1, 0.15) is 21.1 Å². The van der Waals surface area contributed by atoms with E-state index in [1.807, 2.05) is 6.07 Å². The summed E-state index contributed by atoms with van der Waals surface area (Å²) in [6, 6.07) is 9.47. The zero-order chi connectivity index (χ0) is 16.0. The number of halogens is 1. The minimum absolute atomic E-state index is 0.154. The number of nitrogens with zero attached hydrogens (tertiary/aromatic N) is 2. The number of hydrogen-bond acceptors (Lipinski definition) is 4. The second-order valence-corrected chi connectivity index (χ2v) is 6.00. The maximum absolute atomic E-state index is 13.1. The van der Waals surface area contributed by atoms with Crippen molar-refractivity contribution in [2.75, 3.05) is 7.11 Å². The summed E-state index contributed by atoms with van der Waals surface area (Å²) in [6.45, 7) is 0. The lowest BCUT2D eigenvalue weighted by molar-refractivity contribution is 0.420. The smallest absolute Gasteiger partial charge is 0.273 e. The highest BCUT2D eigenvalue weighted by Crippen LogP contribution is 2.36. The average molecular weight is 326 g/mol. The molecule has 4 nitrogen and oxygen atoms in total. The normalized spacial score (nSPS) is 11.2. The number of ether oxygens (including phenoxy) is 1. The zero-order valence-corrected chi connectivity index (χ0v) is 12.9. The summed E-state index contributed by atoms with van der Waals surface area (Å²) in [7, 11) is 1.60. The molecule has 0 aliphatic carbocycles. The van der Waals surface area contributed by atoms with E-state index < -0.39 is 0 Å². The van der Waals surface area contributed by atoms with Crippen molar-refractivity contribution in [3.8, 4) is 11.4 Å². The Kier molecular flexibility index (Phi) is 3.12. The molecular weight excluding hydrogens is 315 g/mol. The highest BCUT2D eigenvalue weighted by molar-refractivity contribution is 7.25. The van der Waals surface area contributed by atoms with Crippen molar-refractivity contribution < 1.29 is 9.13 Å². The van der Waals surface area contributed by atoms with Gasteiger partial charge in [0.05, 0.1) is 12.5 Å². The lowest BCUT2D eigenvalue weighted by Crippen LogP contribution is -2.16. The topological polar surface area (TPSA) is 44.1 Å². The Balaban J connectivity index is 2.04. The molecule has 0 radical (unpaired) electrons. The van der Waals surface area contributed by atoms with Gasteiger partial charge in [0.15, 0.2) is 0 Å². The number of thiophene rings is 1. The molecule has 0 aliphatic rings. The molecule has 0 fully saturated rings. The molecule has 0 saturated carbocycles. The van der Waals surface area contributed by atoms with Crippen LogP contribution in [-0.4, -0.2) is 16.7 Å². The van der Waals surface area contributed by atoms with Crippen molar-refractivity contribution in [1.82, 2.24) is 9.55 Å². The molecule has 0 amide bonds. The summed E-state index contributed by atoms with van der Waals surface area (Å²) in [5.41, 5.74) is 0.467. The molecule has 114 valence electrons. The SMILES string of the molecule is COc1ccnc2sc3c(=O)n(-c4ccc(F)cc4)ccc3c12. The van der Waals surface area contributed by atoms with E-state index in [0.29, 0.717) is 16.1 Å². The first-order valence-electron chi connectivity index (χ1n) is 6.92. The van der Waals surface area contributed by atoms with E-state index in [1.54, 1.807) is 37.7 Å². The van der Waals surface area contributed by atoms with Crippen LogP contribution in [0, 0.1) is 5.82 Å². The van der Waals surface area contributed by atoms with E-state index in [-0.39, 0.29) is 11.4 Å². The number of fused-ring (bicyclic) bond motifs is 3. The summed E-state index contributed by atoms with van der Waals surface area (Å²) in [4.78, 5) is 17.9. The van der Waals surface area contributed by atoms with E-state index in [0.717, 1.165) is 15.6 Å². The van der Waals surface area contributed by atoms with Crippen LogP contribution >= 0.6 is 11.3 Å². The first-order valence-corrected chi connectivity index (χ1v) is 7.73. The first kappa shape index (κ1) is 13.9. The highest BCUT2D eigenvalue weighted by atomic mass is 32.1. The van der Waals surface area contributed by atoms with Crippen molar-refractivity contribution in [2.24, 2.45) is 0 Å². The first-order chi connectivity index (χ1) is 11.2. The predicted molar refractivity (Wildman–Crippen MR) is 89.2 cm³/mol. The van der Waals surface area contributed by atoms with Gasteiger partial charge in [-0.2, -0.15) is 0 Å². The fourth-order valence-corrected chi connectivity index (χ4v) is 3.72. The minimum atomic E-state index is -0.335. The van der Waals surface area contributed by atoms with Crippen molar-refractivity contribution in [3.05, 3.63) is 65.0 Å². The molecule has 1 aromatic carbocycles. The molecular formula is C17H11FN2O2S. The molecule has 6 heteroatoms. The molecule has 4 aromatic rings. The number of pyridine rings is 2. The van der Waals surface area contributed by atoms with Gasteiger partial charge >= 0.3 is 0 Å². The Morgan fingerprint density at radius 3 is 2.70 bits per heavy atom. The van der Waals surface area contributed by atoms with Gasteiger partial charge in [0, 0.05) is 23.5 Å². The highest BCUT2D eigenvalue weighted by Gasteiger charge is 2.15. The van der Waals surface area contributed by atoms with E-state index in [1.165, 1.54) is 28.0 Å². The molecule has 3 heterocycles. The zero-order valence-electron chi connectivity index (χ0n) is 12.1. The van der Waals surface area contributed by atoms with Gasteiger partial charge in [0.25, 0.3) is 5.56 Å². The van der Waals surface area contributed by atoms with Crippen molar-refractivity contribution in [2.45, 2.75) is 0 Å². The molecule has 0 bridgehead atoms. The largest absolute Gasteiger partial charge is 0.496 e. The van der Waals surface area contributed by atoms with E-state index in [9.17, 15) is 9.18 Å². The molecule has 0 saturated heterocycles. The molecule has 0 atom stereocenters. The quantitative estimate of drug-likeness (QED) is 0.563. The van der Waals surface area contributed by atoms with E-state index in [4.69, 9.17) is 4.74 Å². The summed E-state index contributed by atoms with van der Waals surface area (Å²) < 4.78 is 20.6. The van der Waals surface area contributed by atoms with E-state index in [2.05, 4.69) is 4.98 Å². The third kappa shape index (κ3) is 2.10. The summed E-state index contributed by atoms with van der Waals surface area (Å²) in [6.07, 6.45) is 3.35. The van der Waals surface area contributed by atoms with Crippen LogP contribution in [0.15, 0.2) is 53.6 Å². The molecule has 4 rings (SSSR count). The summed E-state index contributed by atoms with van der Waals surface area (Å²) in [5, 5.41) is 1.66. The van der Waals surface area contributed by atoms with Crippen LogP contribution in [0.1, 0.15) is 0 Å². The Morgan fingerprint density at radius 1 is 1.17 bits per heavy atom. The van der Waals surface area contributed by atoms with Crippen molar-refractivity contribution >= 4 is 31.6 Å². The van der Waals surface area contributed by atoms with Crippen molar-refractivity contribution in [3.63, 3.8) is 0 Å². The average Bonchev–Trinajstić information content (AvgIpc) is 2.96. The van der Waals surface area contributed by atoms with Gasteiger partial charge in [0.2, 0.25) is 0 Å². The predicted octanol–water partition coefficient (Wildman–Crippen LogP) is 3.75. The third-order valence-corrected chi connectivity index (χ3v) is 4.82.